The number of hydrogen-bond donors (Lipinski definition) is 3. The second-order valence-corrected chi connectivity index (χ2v) is 6.51. The molecule has 0 aliphatic heterocycles. The molecule has 6 nitrogen and oxygen atoms in total. The second-order valence-electron chi connectivity index (χ2n) is 4.71. The molecule has 0 heterocycles. The van der Waals surface area contributed by atoms with Gasteiger partial charge in [0.1, 0.15) is 0 Å². The lowest BCUT2D eigenvalue weighted by Crippen LogP contribution is -2.36. The largest absolute Gasteiger partial charge is 0.478 e. The zero-order valence-electron chi connectivity index (χ0n) is 12.1. The number of rotatable bonds is 7. The zero-order valence-corrected chi connectivity index (χ0v) is 12.9. The van der Waals surface area contributed by atoms with Crippen molar-refractivity contribution >= 4 is 22.8 Å². The van der Waals surface area contributed by atoms with Crippen LogP contribution in [-0.2, 0) is 17.3 Å². The van der Waals surface area contributed by atoms with Crippen LogP contribution in [0.1, 0.15) is 29.3 Å². The summed E-state index contributed by atoms with van der Waals surface area (Å²) in [5, 5.41) is 14.2. The predicted molar refractivity (Wildman–Crippen MR) is 81.8 cm³/mol. The van der Waals surface area contributed by atoms with E-state index in [1.165, 1.54) is 12.1 Å². The average Bonchev–Trinajstić information content (AvgIpc) is 2.45. The molecule has 2 unspecified atom stereocenters. The lowest BCUT2D eigenvalue weighted by Gasteiger charge is -2.10. The lowest BCUT2D eigenvalue weighted by molar-refractivity contribution is 0.0696. The van der Waals surface area contributed by atoms with Crippen LogP contribution in [-0.4, -0.2) is 39.4 Å². The van der Waals surface area contributed by atoms with Crippen molar-refractivity contribution in [2.24, 2.45) is 0 Å². The molecule has 0 saturated carbocycles. The third-order valence-corrected chi connectivity index (χ3v) is 4.40. The van der Waals surface area contributed by atoms with Gasteiger partial charge in [0.05, 0.1) is 5.56 Å². The number of nitrogens with one attached hydrogen (secondary N) is 2. The summed E-state index contributed by atoms with van der Waals surface area (Å²) in [6, 6.07) is 6.07. The first kappa shape index (κ1) is 17.2. The number of carbonyl (C=O) groups excluding carboxylic acids is 1. The lowest BCUT2D eigenvalue weighted by atomic mass is 10.1. The molecule has 2 amide bonds. The van der Waals surface area contributed by atoms with Crippen molar-refractivity contribution in [3.05, 3.63) is 35.4 Å². The maximum Gasteiger partial charge on any atom is 0.335 e. The van der Waals surface area contributed by atoms with Crippen LogP contribution in [0.4, 0.5) is 4.79 Å². The van der Waals surface area contributed by atoms with Crippen molar-refractivity contribution in [3.8, 4) is 0 Å². The zero-order chi connectivity index (χ0) is 15.8. The van der Waals surface area contributed by atoms with Crippen LogP contribution in [0.5, 0.6) is 0 Å². The van der Waals surface area contributed by atoms with E-state index in [1.807, 2.05) is 6.92 Å². The number of carboxylic acid groups (broad SMARTS) is 1. The number of aromatic carboxylic acids is 1. The molecular formula is C14H20N2O4S. The highest BCUT2D eigenvalue weighted by Crippen LogP contribution is 2.05. The van der Waals surface area contributed by atoms with Crippen molar-refractivity contribution < 1.29 is 18.9 Å². The Morgan fingerprint density at radius 1 is 1.33 bits per heavy atom. The smallest absolute Gasteiger partial charge is 0.335 e. The molecule has 0 saturated heterocycles. The Morgan fingerprint density at radius 2 is 2.05 bits per heavy atom. The summed E-state index contributed by atoms with van der Waals surface area (Å²) in [7, 11) is -0.893. The summed E-state index contributed by atoms with van der Waals surface area (Å²) in [6.45, 7) is 2.57. The van der Waals surface area contributed by atoms with Gasteiger partial charge in [0.25, 0.3) is 0 Å². The molecule has 0 spiro atoms. The molecule has 1 rings (SSSR count). The summed E-state index contributed by atoms with van der Waals surface area (Å²) in [5.41, 5.74) is 0.905. The van der Waals surface area contributed by atoms with E-state index in [9.17, 15) is 13.8 Å². The average molecular weight is 312 g/mol. The van der Waals surface area contributed by atoms with Crippen molar-refractivity contribution in [2.75, 3.05) is 12.8 Å². The fraction of sp³-hybridized carbons (Fsp3) is 0.429. The van der Waals surface area contributed by atoms with Crippen molar-refractivity contribution in [1.82, 2.24) is 10.6 Å². The minimum Gasteiger partial charge on any atom is -0.478 e. The summed E-state index contributed by atoms with van der Waals surface area (Å²) >= 11 is 0. The number of urea groups is 1. The van der Waals surface area contributed by atoms with E-state index in [0.29, 0.717) is 18.5 Å². The third-order valence-electron chi connectivity index (χ3n) is 3.03. The predicted octanol–water partition coefficient (Wildman–Crippen LogP) is 1.34. The van der Waals surface area contributed by atoms with Gasteiger partial charge in [0.2, 0.25) is 0 Å². The monoisotopic (exact) mass is 312 g/mol. The van der Waals surface area contributed by atoms with Crippen LogP contribution in [0.25, 0.3) is 0 Å². The maximum atomic E-state index is 11.6. The van der Waals surface area contributed by atoms with Gasteiger partial charge < -0.3 is 15.7 Å². The van der Waals surface area contributed by atoms with Gasteiger partial charge in [-0.1, -0.05) is 19.1 Å². The fourth-order valence-corrected chi connectivity index (χ4v) is 2.06. The molecule has 0 bridgehead atoms. The van der Waals surface area contributed by atoms with E-state index < -0.39 is 16.8 Å². The minimum atomic E-state index is -0.997. The minimum absolute atomic E-state index is 0.0394. The van der Waals surface area contributed by atoms with Gasteiger partial charge in [-0.2, -0.15) is 0 Å². The SMILES string of the molecule is CC(CCNC(=O)NCc1cccc(C(=O)O)c1)S(C)=O. The molecule has 1 aromatic carbocycles. The van der Waals surface area contributed by atoms with Crippen LogP contribution in [0, 0.1) is 0 Å². The Morgan fingerprint density at radius 3 is 2.67 bits per heavy atom. The molecular weight excluding hydrogens is 292 g/mol. The number of benzene rings is 1. The van der Waals surface area contributed by atoms with E-state index in [0.717, 1.165) is 0 Å². The first-order valence-electron chi connectivity index (χ1n) is 6.56. The van der Waals surface area contributed by atoms with E-state index >= 15 is 0 Å². The quantitative estimate of drug-likeness (QED) is 0.708. The van der Waals surface area contributed by atoms with Gasteiger partial charge in [0.15, 0.2) is 0 Å². The Balaban J connectivity index is 2.34. The Hall–Kier alpha value is -1.89. The standard InChI is InChI=1S/C14H20N2O4S/c1-10(21(2)20)6-7-15-14(19)16-9-11-4-3-5-12(8-11)13(17)18/h3-5,8,10H,6-7,9H2,1-2H3,(H,17,18)(H2,15,16,19). The summed E-state index contributed by atoms with van der Waals surface area (Å²) in [6.07, 6.45) is 2.28. The fourth-order valence-electron chi connectivity index (χ4n) is 1.61. The summed E-state index contributed by atoms with van der Waals surface area (Å²) < 4.78 is 11.2. The highest BCUT2D eigenvalue weighted by molar-refractivity contribution is 7.84. The van der Waals surface area contributed by atoms with Crippen LogP contribution in [0.3, 0.4) is 0 Å². The van der Waals surface area contributed by atoms with Crippen molar-refractivity contribution in [2.45, 2.75) is 25.1 Å². The molecule has 3 N–H and O–H groups in total. The Labute approximate surface area is 126 Å². The van der Waals surface area contributed by atoms with E-state index in [4.69, 9.17) is 5.11 Å². The molecule has 0 aliphatic carbocycles. The molecule has 1 aromatic rings. The molecule has 0 aromatic heterocycles. The number of amides is 2. The van der Waals surface area contributed by atoms with Gasteiger partial charge in [-0.3, -0.25) is 4.21 Å². The van der Waals surface area contributed by atoms with Crippen LogP contribution >= 0.6 is 0 Å². The number of carbonyl (C=O) groups is 2. The molecule has 7 heteroatoms. The van der Waals surface area contributed by atoms with E-state index in [2.05, 4.69) is 10.6 Å². The summed E-state index contributed by atoms with van der Waals surface area (Å²) in [4.78, 5) is 22.4. The maximum absolute atomic E-state index is 11.6. The molecule has 116 valence electrons. The normalized spacial score (nSPS) is 13.2. The van der Waals surface area contributed by atoms with Crippen LogP contribution in [0.2, 0.25) is 0 Å². The molecule has 0 fully saturated rings. The summed E-state index contributed by atoms with van der Waals surface area (Å²) in [5.74, 6) is -0.997. The first-order valence-corrected chi connectivity index (χ1v) is 8.18. The van der Waals surface area contributed by atoms with Gasteiger partial charge in [-0.15, -0.1) is 0 Å². The number of hydrogen-bond acceptors (Lipinski definition) is 3. The second kappa shape index (κ2) is 8.41. The van der Waals surface area contributed by atoms with E-state index in [-0.39, 0.29) is 23.4 Å². The number of carboxylic acids is 1. The van der Waals surface area contributed by atoms with Crippen LogP contribution in [0.15, 0.2) is 24.3 Å². The molecule has 21 heavy (non-hydrogen) atoms. The highest BCUT2D eigenvalue weighted by atomic mass is 32.2. The molecule has 0 radical (unpaired) electrons. The van der Waals surface area contributed by atoms with Crippen molar-refractivity contribution in [1.29, 1.82) is 0 Å². The van der Waals surface area contributed by atoms with Gasteiger partial charge in [-0.05, 0) is 24.1 Å². The van der Waals surface area contributed by atoms with Gasteiger partial charge in [0, 0.05) is 35.4 Å². The van der Waals surface area contributed by atoms with Crippen LogP contribution < -0.4 is 10.6 Å². The molecule has 0 aliphatic rings. The topological polar surface area (TPSA) is 95.5 Å². The van der Waals surface area contributed by atoms with Gasteiger partial charge in [-0.25, -0.2) is 9.59 Å². The Kier molecular flexibility index (Phi) is 6.87. The highest BCUT2D eigenvalue weighted by Gasteiger charge is 2.07. The van der Waals surface area contributed by atoms with E-state index in [1.54, 1.807) is 18.4 Å². The van der Waals surface area contributed by atoms with Gasteiger partial charge >= 0.3 is 12.0 Å². The third kappa shape index (κ3) is 6.40. The Bertz CT molecular complexity index is 533. The first-order chi connectivity index (χ1) is 9.90. The van der Waals surface area contributed by atoms with Crippen molar-refractivity contribution in [3.63, 3.8) is 0 Å². The molecule has 2 atom stereocenters.